The van der Waals surface area contributed by atoms with Gasteiger partial charge in [-0.05, 0) is 25.0 Å². The number of unbranched alkanes of at least 4 members (excludes halogenated alkanes) is 12. The van der Waals surface area contributed by atoms with E-state index in [1.165, 1.54) is 49.6 Å². The van der Waals surface area contributed by atoms with Crippen LogP contribution in [-0.2, 0) is 28.2 Å². The molecule has 0 amide bonds. The molecule has 2 unspecified atom stereocenters. The van der Waals surface area contributed by atoms with E-state index in [2.05, 4.69) is 13.8 Å². The highest BCUT2D eigenvalue weighted by Gasteiger charge is 2.36. The predicted octanol–water partition coefficient (Wildman–Crippen LogP) is 9.71. The Kier molecular flexibility index (Phi) is 24.9. The first-order valence-electron chi connectivity index (χ1n) is 16.6. The summed E-state index contributed by atoms with van der Waals surface area (Å²) in [6, 6.07) is 8.66. The average Bonchev–Trinajstić information content (AvgIpc) is 3.02. The molecule has 0 aliphatic carbocycles. The summed E-state index contributed by atoms with van der Waals surface area (Å²) in [7, 11) is -3.97. The van der Waals surface area contributed by atoms with Gasteiger partial charge in [-0.3, -0.25) is 14.1 Å². The zero-order valence-corrected chi connectivity index (χ0v) is 29.4. The second-order valence-electron chi connectivity index (χ2n) is 11.0. The van der Waals surface area contributed by atoms with Gasteiger partial charge in [0.05, 0.1) is 6.61 Å². The van der Waals surface area contributed by atoms with E-state index in [1.54, 1.807) is 24.3 Å². The van der Waals surface area contributed by atoms with E-state index in [1.807, 2.05) is 6.07 Å². The molecule has 0 saturated carbocycles. The van der Waals surface area contributed by atoms with Crippen molar-refractivity contribution in [1.29, 1.82) is 0 Å². The van der Waals surface area contributed by atoms with E-state index in [4.69, 9.17) is 41.7 Å². The van der Waals surface area contributed by atoms with Gasteiger partial charge < -0.3 is 14.0 Å². The Balaban J connectivity index is 2.82. The van der Waals surface area contributed by atoms with Crippen LogP contribution in [0.15, 0.2) is 30.3 Å². The quantitative estimate of drug-likeness (QED) is 0.0358. The predicted molar refractivity (Wildman–Crippen MR) is 180 cm³/mol. The van der Waals surface area contributed by atoms with E-state index in [0.717, 1.165) is 38.5 Å². The van der Waals surface area contributed by atoms with Gasteiger partial charge in [0, 0.05) is 37.7 Å². The van der Waals surface area contributed by atoms with Gasteiger partial charge in [0.1, 0.15) is 12.4 Å². The van der Waals surface area contributed by atoms with Crippen LogP contribution in [0, 0.1) is 0 Å². The molecule has 44 heavy (non-hydrogen) atoms. The van der Waals surface area contributed by atoms with Crippen LogP contribution in [-0.4, -0.2) is 60.8 Å². The van der Waals surface area contributed by atoms with Crippen LogP contribution in [0.25, 0.3) is 0 Å². The summed E-state index contributed by atoms with van der Waals surface area (Å²) in [6.07, 6.45) is 14.8. The van der Waals surface area contributed by atoms with Crippen molar-refractivity contribution >= 4 is 42.9 Å². The number of carbonyl (C=O) groups excluding carboxylic acids is 2. The third-order valence-corrected chi connectivity index (χ3v) is 9.46. The summed E-state index contributed by atoms with van der Waals surface area (Å²) in [5.41, 5.74) is 0. The average molecular weight is 681 g/mol. The first-order valence-corrected chi connectivity index (χ1v) is 19.2. The molecule has 0 saturated heterocycles. The second kappa shape index (κ2) is 26.9. The van der Waals surface area contributed by atoms with Crippen molar-refractivity contribution in [2.24, 2.45) is 0 Å². The number of esters is 2. The number of halogens is 2. The van der Waals surface area contributed by atoms with Gasteiger partial charge in [0.25, 0.3) is 0 Å². The first kappa shape index (κ1) is 40.7. The number of nitrogens with zero attached hydrogens (tertiary/aromatic N) is 1. The molecule has 0 heterocycles. The monoisotopic (exact) mass is 679 g/mol. The normalized spacial score (nSPS) is 13.4. The first-order chi connectivity index (χ1) is 21.4. The smallest absolute Gasteiger partial charge is 0.461 e. The Morgan fingerprint density at radius 2 is 1.23 bits per heavy atom. The molecular formula is C33H56Cl2NO7P. The number of carbonyl (C=O) groups is 2. The molecule has 0 fully saturated rings. The van der Waals surface area contributed by atoms with Gasteiger partial charge in [-0.1, -0.05) is 109 Å². The highest BCUT2D eigenvalue weighted by Crippen LogP contribution is 2.52. The number of rotatable bonds is 29. The second-order valence-corrected chi connectivity index (χ2v) is 13.7. The molecule has 8 nitrogen and oxygen atoms in total. The van der Waals surface area contributed by atoms with Crippen LogP contribution < -0.4 is 4.52 Å². The summed E-state index contributed by atoms with van der Waals surface area (Å²) < 4.78 is 38.5. The highest BCUT2D eigenvalue weighted by atomic mass is 35.5. The summed E-state index contributed by atoms with van der Waals surface area (Å²) in [5, 5.41) is 0. The van der Waals surface area contributed by atoms with Crippen molar-refractivity contribution in [3.8, 4) is 5.75 Å². The lowest BCUT2D eigenvalue weighted by Gasteiger charge is -2.30. The van der Waals surface area contributed by atoms with E-state index < -0.39 is 19.8 Å². The molecular weight excluding hydrogens is 624 g/mol. The van der Waals surface area contributed by atoms with Gasteiger partial charge in [-0.25, -0.2) is 4.57 Å². The van der Waals surface area contributed by atoms with Crippen molar-refractivity contribution in [3.05, 3.63) is 30.3 Å². The maximum atomic E-state index is 14.1. The van der Waals surface area contributed by atoms with Crippen molar-refractivity contribution in [2.45, 2.75) is 123 Å². The zero-order valence-electron chi connectivity index (χ0n) is 27.0. The van der Waals surface area contributed by atoms with Crippen LogP contribution in [0.4, 0.5) is 0 Å². The Morgan fingerprint density at radius 1 is 0.727 bits per heavy atom. The molecule has 1 aromatic carbocycles. The fourth-order valence-corrected chi connectivity index (χ4v) is 6.99. The number of alkyl halides is 2. The molecule has 0 aromatic heterocycles. The summed E-state index contributed by atoms with van der Waals surface area (Å²) in [4.78, 5) is 25.2. The van der Waals surface area contributed by atoms with Gasteiger partial charge in [-0.15, -0.1) is 23.2 Å². The molecule has 0 aliphatic rings. The molecule has 2 atom stereocenters. The van der Waals surface area contributed by atoms with Crippen LogP contribution >= 0.6 is 30.9 Å². The molecule has 1 rings (SSSR count). The van der Waals surface area contributed by atoms with Crippen LogP contribution in [0.3, 0.4) is 0 Å². The van der Waals surface area contributed by atoms with Crippen LogP contribution in [0.1, 0.15) is 117 Å². The molecule has 0 bridgehead atoms. The molecule has 1 aromatic rings. The minimum absolute atomic E-state index is 0.176. The van der Waals surface area contributed by atoms with Crippen molar-refractivity contribution in [1.82, 2.24) is 4.67 Å². The number of hydrogen-bond donors (Lipinski definition) is 0. The minimum atomic E-state index is -3.97. The molecule has 11 heteroatoms. The van der Waals surface area contributed by atoms with Crippen molar-refractivity contribution in [2.75, 3.05) is 38.1 Å². The summed E-state index contributed by atoms with van der Waals surface area (Å²) in [5.74, 6) is -0.0716. The molecule has 0 aliphatic heterocycles. The SMILES string of the molecule is CCCCCCCCCC(=O)OCC(COP(=O)(Oc1ccccc1)N(CCCl)CCCl)OC(=O)CCCCCCCCC. The van der Waals surface area contributed by atoms with Gasteiger partial charge in [0.15, 0.2) is 6.10 Å². The van der Waals surface area contributed by atoms with Gasteiger partial charge in [-0.2, -0.15) is 4.67 Å². The lowest BCUT2D eigenvalue weighted by atomic mass is 10.1. The van der Waals surface area contributed by atoms with E-state index in [0.29, 0.717) is 18.6 Å². The molecule has 0 N–H and O–H groups in total. The Labute approximate surface area is 276 Å². The molecule has 0 radical (unpaired) electrons. The maximum absolute atomic E-state index is 14.1. The third kappa shape index (κ3) is 19.9. The maximum Gasteiger partial charge on any atom is 0.461 e. The standard InChI is InChI=1S/C33H56Cl2NO7P/c1-3-5-7-9-11-13-18-22-32(37)40-28-31(42-33(38)23-19-14-12-10-8-6-4-2)29-41-44(39,36(26-24-34)27-25-35)43-30-20-16-15-17-21-30/h15-17,20-21,31H,3-14,18-19,22-29H2,1-2H3. The lowest BCUT2D eigenvalue weighted by molar-refractivity contribution is -0.161. The van der Waals surface area contributed by atoms with E-state index in [9.17, 15) is 14.2 Å². The molecule has 0 spiro atoms. The van der Waals surface area contributed by atoms with Gasteiger partial charge >= 0.3 is 19.7 Å². The van der Waals surface area contributed by atoms with Crippen LogP contribution in [0.5, 0.6) is 5.75 Å². The highest BCUT2D eigenvalue weighted by molar-refractivity contribution is 7.51. The molecule has 254 valence electrons. The van der Waals surface area contributed by atoms with E-state index in [-0.39, 0.29) is 50.5 Å². The lowest BCUT2D eigenvalue weighted by Crippen LogP contribution is -2.33. The largest absolute Gasteiger partial charge is 0.462 e. The topological polar surface area (TPSA) is 91.4 Å². The minimum Gasteiger partial charge on any atom is -0.462 e. The summed E-state index contributed by atoms with van der Waals surface area (Å²) in [6.45, 7) is 4.28. The fraction of sp³-hybridized carbons (Fsp3) is 0.758. The number of para-hydroxylation sites is 1. The fourth-order valence-electron chi connectivity index (χ4n) is 4.58. The zero-order chi connectivity index (χ0) is 32.3. The van der Waals surface area contributed by atoms with Crippen molar-refractivity contribution in [3.63, 3.8) is 0 Å². The summed E-state index contributed by atoms with van der Waals surface area (Å²) >= 11 is 12.0. The van der Waals surface area contributed by atoms with Gasteiger partial charge in [0.2, 0.25) is 0 Å². The number of hydrogen-bond acceptors (Lipinski definition) is 7. The number of benzene rings is 1. The Hall–Kier alpha value is -1.31. The third-order valence-electron chi connectivity index (χ3n) is 7.12. The van der Waals surface area contributed by atoms with Crippen molar-refractivity contribution < 1.29 is 32.7 Å². The Morgan fingerprint density at radius 3 is 1.75 bits per heavy atom. The van der Waals surface area contributed by atoms with E-state index >= 15 is 0 Å². The van der Waals surface area contributed by atoms with Crippen LogP contribution in [0.2, 0.25) is 0 Å². The number of ether oxygens (including phenoxy) is 2. The Bertz CT molecular complexity index is 903.